The van der Waals surface area contributed by atoms with Crippen molar-refractivity contribution in [1.82, 2.24) is 0 Å². The lowest BCUT2D eigenvalue weighted by Crippen LogP contribution is -2.02. The van der Waals surface area contributed by atoms with Crippen LogP contribution < -0.4 is 14.2 Å². The molecule has 0 radical (unpaired) electrons. The van der Waals surface area contributed by atoms with Crippen molar-refractivity contribution in [2.45, 2.75) is 13.0 Å². The lowest BCUT2D eigenvalue weighted by molar-refractivity contribution is 0.218. The van der Waals surface area contributed by atoms with Gasteiger partial charge in [-0.15, -0.1) is 0 Å². The molecule has 0 bridgehead atoms. The summed E-state index contributed by atoms with van der Waals surface area (Å²) in [6, 6.07) is 11.0. The minimum atomic E-state index is -0.775. The maximum absolute atomic E-state index is 10.6. The number of aliphatic hydroxyl groups excluding tert-OH is 1. The van der Waals surface area contributed by atoms with Crippen LogP contribution in [-0.2, 0) is 0 Å². The summed E-state index contributed by atoms with van der Waals surface area (Å²) in [4.78, 5) is 0. The molecule has 112 valence electrons. The summed E-state index contributed by atoms with van der Waals surface area (Å²) in [5.41, 5.74) is 2.49. The van der Waals surface area contributed by atoms with E-state index in [1.807, 2.05) is 25.1 Å². The average molecular weight is 288 g/mol. The van der Waals surface area contributed by atoms with Gasteiger partial charge in [-0.1, -0.05) is 12.1 Å². The maximum Gasteiger partial charge on any atom is 0.122 e. The summed E-state index contributed by atoms with van der Waals surface area (Å²) in [6.07, 6.45) is -0.775. The molecule has 0 spiro atoms. The van der Waals surface area contributed by atoms with E-state index in [1.165, 1.54) is 0 Å². The number of aliphatic hydroxyl groups is 1. The van der Waals surface area contributed by atoms with Crippen molar-refractivity contribution in [2.75, 3.05) is 21.3 Å². The van der Waals surface area contributed by atoms with Crippen LogP contribution >= 0.6 is 0 Å². The zero-order valence-electron chi connectivity index (χ0n) is 12.7. The van der Waals surface area contributed by atoms with Gasteiger partial charge < -0.3 is 19.3 Å². The molecule has 0 aromatic heterocycles. The Kier molecular flexibility index (Phi) is 4.70. The Bertz CT molecular complexity index is 600. The van der Waals surface area contributed by atoms with Gasteiger partial charge in [0.15, 0.2) is 0 Å². The molecule has 4 nitrogen and oxygen atoms in total. The van der Waals surface area contributed by atoms with Crippen molar-refractivity contribution in [3.8, 4) is 17.2 Å². The highest BCUT2D eigenvalue weighted by Gasteiger charge is 2.14. The lowest BCUT2D eigenvalue weighted by atomic mass is 9.99. The lowest BCUT2D eigenvalue weighted by Gasteiger charge is -2.16. The summed E-state index contributed by atoms with van der Waals surface area (Å²) < 4.78 is 15.8. The first-order valence-electron chi connectivity index (χ1n) is 6.64. The van der Waals surface area contributed by atoms with Crippen LogP contribution in [0.5, 0.6) is 17.2 Å². The molecule has 2 aromatic carbocycles. The third-order valence-electron chi connectivity index (χ3n) is 3.44. The molecular weight excluding hydrogens is 268 g/mol. The first-order valence-corrected chi connectivity index (χ1v) is 6.64. The first-order chi connectivity index (χ1) is 10.1. The van der Waals surface area contributed by atoms with E-state index in [9.17, 15) is 5.11 Å². The molecule has 0 saturated heterocycles. The van der Waals surface area contributed by atoms with Crippen LogP contribution in [0.15, 0.2) is 36.4 Å². The number of aryl methyl sites for hydroxylation is 1. The van der Waals surface area contributed by atoms with Crippen LogP contribution in [0, 0.1) is 6.92 Å². The molecule has 2 rings (SSSR count). The van der Waals surface area contributed by atoms with Gasteiger partial charge in [0, 0.05) is 6.07 Å². The SMILES string of the molecule is COc1cc(OC)cc(C(O)c2ccc(C)c(OC)c2)c1. The first kappa shape index (κ1) is 15.2. The van der Waals surface area contributed by atoms with E-state index in [4.69, 9.17) is 14.2 Å². The van der Waals surface area contributed by atoms with Gasteiger partial charge in [0.2, 0.25) is 0 Å². The van der Waals surface area contributed by atoms with E-state index in [2.05, 4.69) is 0 Å². The molecule has 0 fully saturated rings. The van der Waals surface area contributed by atoms with E-state index in [-0.39, 0.29) is 0 Å². The largest absolute Gasteiger partial charge is 0.497 e. The van der Waals surface area contributed by atoms with Crippen LogP contribution in [0.4, 0.5) is 0 Å². The molecule has 0 amide bonds. The molecule has 0 aliphatic carbocycles. The number of rotatable bonds is 5. The topological polar surface area (TPSA) is 47.9 Å². The fourth-order valence-corrected chi connectivity index (χ4v) is 2.19. The highest BCUT2D eigenvalue weighted by atomic mass is 16.5. The number of hydrogen-bond acceptors (Lipinski definition) is 4. The average Bonchev–Trinajstić information content (AvgIpc) is 2.54. The van der Waals surface area contributed by atoms with Crippen molar-refractivity contribution in [2.24, 2.45) is 0 Å². The van der Waals surface area contributed by atoms with Crippen LogP contribution in [0.1, 0.15) is 22.8 Å². The summed E-state index contributed by atoms with van der Waals surface area (Å²) in [6.45, 7) is 1.96. The zero-order chi connectivity index (χ0) is 15.4. The zero-order valence-corrected chi connectivity index (χ0v) is 12.7. The highest BCUT2D eigenvalue weighted by Crippen LogP contribution is 2.32. The van der Waals surface area contributed by atoms with Gasteiger partial charge in [-0.25, -0.2) is 0 Å². The summed E-state index contributed by atoms with van der Waals surface area (Å²) >= 11 is 0. The standard InChI is InChI=1S/C17H20O4/c1-11-5-6-12(9-16(11)21-4)17(18)13-7-14(19-2)10-15(8-13)20-3/h5-10,17-18H,1-4H3. The molecule has 1 unspecified atom stereocenters. The molecule has 1 atom stereocenters. The van der Waals surface area contributed by atoms with Crippen LogP contribution in [0.2, 0.25) is 0 Å². The minimum absolute atomic E-state index is 0.641. The number of hydrogen-bond donors (Lipinski definition) is 1. The third-order valence-corrected chi connectivity index (χ3v) is 3.44. The van der Waals surface area contributed by atoms with Crippen molar-refractivity contribution in [3.05, 3.63) is 53.1 Å². The molecule has 0 aliphatic rings. The molecule has 1 N–H and O–H groups in total. The van der Waals surface area contributed by atoms with E-state index in [0.29, 0.717) is 17.1 Å². The molecule has 4 heteroatoms. The van der Waals surface area contributed by atoms with Gasteiger partial charge in [0.05, 0.1) is 21.3 Å². The Balaban J connectivity index is 2.41. The van der Waals surface area contributed by atoms with Gasteiger partial charge in [-0.2, -0.15) is 0 Å². The second kappa shape index (κ2) is 6.50. The Hall–Kier alpha value is -2.20. The minimum Gasteiger partial charge on any atom is -0.497 e. The predicted molar refractivity (Wildman–Crippen MR) is 81.3 cm³/mol. The van der Waals surface area contributed by atoms with E-state index < -0.39 is 6.10 Å². The number of benzene rings is 2. The highest BCUT2D eigenvalue weighted by molar-refractivity contribution is 5.44. The van der Waals surface area contributed by atoms with E-state index >= 15 is 0 Å². The van der Waals surface area contributed by atoms with Crippen molar-refractivity contribution < 1.29 is 19.3 Å². The van der Waals surface area contributed by atoms with Crippen LogP contribution in [-0.4, -0.2) is 26.4 Å². The quantitative estimate of drug-likeness (QED) is 0.918. The maximum atomic E-state index is 10.6. The molecular formula is C17H20O4. The normalized spacial score (nSPS) is 11.9. The van der Waals surface area contributed by atoms with Crippen molar-refractivity contribution in [1.29, 1.82) is 0 Å². The smallest absolute Gasteiger partial charge is 0.122 e. The monoisotopic (exact) mass is 288 g/mol. The fourth-order valence-electron chi connectivity index (χ4n) is 2.19. The van der Waals surface area contributed by atoms with E-state index in [1.54, 1.807) is 39.5 Å². The molecule has 2 aromatic rings. The predicted octanol–water partition coefficient (Wildman–Crippen LogP) is 3.10. The summed E-state index contributed by atoms with van der Waals surface area (Å²) in [7, 11) is 4.78. The van der Waals surface area contributed by atoms with Gasteiger partial charge in [-0.3, -0.25) is 0 Å². The molecule has 0 aliphatic heterocycles. The number of ether oxygens (including phenoxy) is 3. The molecule has 0 saturated carbocycles. The van der Waals surface area contributed by atoms with E-state index in [0.717, 1.165) is 16.9 Å². The second-order valence-corrected chi connectivity index (χ2v) is 4.78. The van der Waals surface area contributed by atoms with Crippen LogP contribution in [0.25, 0.3) is 0 Å². The third kappa shape index (κ3) is 3.28. The van der Waals surface area contributed by atoms with Gasteiger partial charge >= 0.3 is 0 Å². The Morgan fingerprint density at radius 3 is 1.95 bits per heavy atom. The summed E-state index contributed by atoms with van der Waals surface area (Å²) in [5.74, 6) is 2.03. The van der Waals surface area contributed by atoms with Gasteiger partial charge in [0.25, 0.3) is 0 Å². The van der Waals surface area contributed by atoms with Gasteiger partial charge in [-0.05, 0) is 41.8 Å². The van der Waals surface area contributed by atoms with Gasteiger partial charge in [0.1, 0.15) is 23.4 Å². The molecule has 0 heterocycles. The van der Waals surface area contributed by atoms with Crippen LogP contribution in [0.3, 0.4) is 0 Å². The Morgan fingerprint density at radius 2 is 1.43 bits per heavy atom. The van der Waals surface area contributed by atoms with Crippen molar-refractivity contribution in [3.63, 3.8) is 0 Å². The summed E-state index contributed by atoms with van der Waals surface area (Å²) in [5, 5.41) is 10.6. The molecule has 21 heavy (non-hydrogen) atoms. The fraction of sp³-hybridized carbons (Fsp3) is 0.294. The Morgan fingerprint density at radius 1 is 0.810 bits per heavy atom. The number of methoxy groups -OCH3 is 3. The van der Waals surface area contributed by atoms with Crippen molar-refractivity contribution >= 4 is 0 Å². The Labute approximate surface area is 124 Å². The second-order valence-electron chi connectivity index (χ2n) is 4.78.